The van der Waals surface area contributed by atoms with Gasteiger partial charge in [0.1, 0.15) is 0 Å². The lowest BCUT2D eigenvalue weighted by Gasteiger charge is -2.32. The van der Waals surface area contributed by atoms with Gasteiger partial charge in [-0.1, -0.05) is 0 Å². The zero-order valence-electron chi connectivity index (χ0n) is 7.75. The van der Waals surface area contributed by atoms with Gasteiger partial charge in [0.2, 0.25) is 0 Å². The highest BCUT2D eigenvalue weighted by atomic mass is 32.2. The summed E-state index contributed by atoms with van der Waals surface area (Å²) < 4.78 is 22.5. The number of sulfone groups is 1. The van der Waals surface area contributed by atoms with E-state index in [0.29, 0.717) is 17.5 Å². The van der Waals surface area contributed by atoms with Crippen LogP contribution in [0.1, 0.15) is 19.8 Å². The quantitative estimate of drug-likeness (QED) is 0.651. The molecule has 2 rings (SSSR count). The average Bonchev–Trinajstić information content (AvgIpc) is 2.41. The van der Waals surface area contributed by atoms with E-state index in [1.54, 1.807) is 0 Å². The fourth-order valence-electron chi connectivity index (χ4n) is 1.97. The fourth-order valence-corrected chi connectivity index (χ4v) is 5.18. The second kappa shape index (κ2) is 3.14. The van der Waals surface area contributed by atoms with Crippen molar-refractivity contribution >= 4 is 21.6 Å². The number of thioether (sulfide) groups is 1. The molecule has 1 atom stereocenters. The van der Waals surface area contributed by atoms with E-state index in [9.17, 15) is 8.42 Å². The van der Waals surface area contributed by atoms with Gasteiger partial charge in [0.05, 0.1) is 16.4 Å². The van der Waals surface area contributed by atoms with Gasteiger partial charge in [-0.15, -0.1) is 11.8 Å². The van der Waals surface area contributed by atoms with Crippen LogP contribution in [0, 0.1) is 0 Å². The van der Waals surface area contributed by atoms with Crippen LogP contribution in [0.15, 0.2) is 0 Å². The number of rotatable bonds is 0. The second-order valence-electron chi connectivity index (χ2n) is 4.00. The molecular formula is C8H15NO2S2. The van der Waals surface area contributed by atoms with Gasteiger partial charge in [-0.05, 0) is 19.8 Å². The van der Waals surface area contributed by atoms with Crippen molar-refractivity contribution in [2.24, 2.45) is 0 Å². The summed E-state index contributed by atoms with van der Waals surface area (Å²) in [5.41, 5.74) is 0. The molecule has 0 radical (unpaired) electrons. The van der Waals surface area contributed by atoms with Crippen LogP contribution in [0.5, 0.6) is 0 Å². The molecule has 0 aromatic heterocycles. The molecule has 0 amide bonds. The highest BCUT2D eigenvalue weighted by Crippen LogP contribution is 2.39. The Kier molecular flexibility index (Phi) is 2.37. The van der Waals surface area contributed by atoms with E-state index in [1.807, 2.05) is 11.8 Å². The Morgan fingerprint density at radius 1 is 1.38 bits per heavy atom. The Bertz CT molecular complexity index is 285. The molecule has 0 aliphatic carbocycles. The monoisotopic (exact) mass is 221 g/mol. The van der Waals surface area contributed by atoms with Crippen LogP contribution < -0.4 is 5.32 Å². The van der Waals surface area contributed by atoms with Gasteiger partial charge in [0.25, 0.3) is 0 Å². The summed E-state index contributed by atoms with van der Waals surface area (Å²) in [6, 6.07) is 0.533. The molecule has 1 spiro atoms. The van der Waals surface area contributed by atoms with E-state index in [0.717, 1.165) is 18.6 Å². The summed E-state index contributed by atoms with van der Waals surface area (Å²) in [5.74, 6) is 1.83. The molecule has 3 nitrogen and oxygen atoms in total. The maximum Gasteiger partial charge on any atom is 0.150 e. The van der Waals surface area contributed by atoms with Crippen molar-refractivity contribution in [3.63, 3.8) is 0 Å². The third-order valence-corrected chi connectivity index (χ3v) is 6.15. The first-order valence-electron chi connectivity index (χ1n) is 4.63. The summed E-state index contributed by atoms with van der Waals surface area (Å²) >= 11 is 1.90. The third-order valence-electron chi connectivity index (χ3n) is 2.75. The van der Waals surface area contributed by atoms with Crippen LogP contribution in [0.3, 0.4) is 0 Å². The van der Waals surface area contributed by atoms with E-state index in [4.69, 9.17) is 0 Å². The van der Waals surface area contributed by atoms with Crippen molar-refractivity contribution in [1.82, 2.24) is 5.32 Å². The van der Waals surface area contributed by atoms with Gasteiger partial charge in [0.15, 0.2) is 9.84 Å². The van der Waals surface area contributed by atoms with Crippen molar-refractivity contribution in [2.75, 3.05) is 17.3 Å². The summed E-state index contributed by atoms with van der Waals surface area (Å²) in [6.45, 7) is 2.16. The van der Waals surface area contributed by atoms with Crippen molar-refractivity contribution < 1.29 is 8.42 Å². The lowest BCUT2D eigenvalue weighted by Crippen LogP contribution is -2.46. The summed E-state index contributed by atoms with van der Waals surface area (Å²) in [4.78, 5) is 0.0880. The van der Waals surface area contributed by atoms with Gasteiger partial charge in [-0.3, -0.25) is 5.32 Å². The Morgan fingerprint density at radius 3 is 2.46 bits per heavy atom. The molecule has 0 saturated carbocycles. The smallest absolute Gasteiger partial charge is 0.150 e. The Labute approximate surface area is 83.6 Å². The normalized spacial score (nSPS) is 36.5. The summed E-state index contributed by atoms with van der Waals surface area (Å²) in [5, 5.41) is 3.51. The first-order valence-corrected chi connectivity index (χ1v) is 7.44. The maximum absolute atomic E-state index is 11.2. The van der Waals surface area contributed by atoms with Crippen LogP contribution >= 0.6 is 11.8 Å². The number of nitrogens with one attached hydrogen (secondary N) is 1. The number of hydrogen-bond acceptors (Lipinski definition) is 4. The molecule has 1 N–H and O–H groups in total. The fraction of sp³-hybridized carbons (Fsp3) is 1.00. The molecule has 2 aliphatic rings. The Balaban J connectivity index is 2.05. The first kappa shape index (κ1) is 9.80. The van der Waals surface area contributed by atoms with Crippen LogP contribution in [-0.4, -0.2) is 36.6 Å². The molecule has 2 heterocycles. The van der Waals surface area contributed by atoms with E-state index in [-0.39, 0.29) is 4.87 Å². The molecule has 0 bridgehead atoms. The second-order valence-corrected chi connectivity index (χ2v) is 7.71. The van der Waals surface area contributed by atoms with Crippen LogP contribution in [0.4, 0.5) is 0 Å². The highest BCUT2D eigenvalue weighted by molar-refractivity contribution is 8.01. The van der Waals surface area contributed by atoms with E-state index < -0.39 is 9.84 Å². The molecule has 76 valence electrons. The predicted molar refractivity (Wildman–Crippen MR) is 55.7 cm³/mol. The zero-order valence-corrected chi connectivity index (χ0v) is 9.38. The molecule has 0 aromatic carbocycles. The average molecular weight is 221 g/mol. The molecule has 0 aromatic rings. The minimum absolute atomic E-state index is 0.0880. The molecule has 5 heteroatoms. The van der Waals surface area contributed by atoms with Gasteiger partial charge in [0, 0.05) is 11.8 Å². The van der Waals surface area contributed by atoms with Gasteiger partial charge >= 0.3 is 0 Å². The maximum atomic E-state index is 11.2. The number of hydrogen-bond donors (Lipinski definition) is 1. The SMILES string of the molecule is CC1CSC2(CCS(=O)(=O)CC2)N1. The summed E-state index contributed by atoms with van der Waals surface area (Å²) in [7, 11) is -2.72. The van der Waals surface area contributed by atoms with E-state index in [2.05, 4.69) is 12.2 Å². The molecule has 13 heavy (non-hydrogen) atoms. The lowest BCUT2D eigenvalue weighted by atomic mass is 10.1. The van der Waals surface area contributed by atoms with Crippen molar-refractivity contribution in [2.45, 2.75) is 30.7 Å². The Hall–Kier alpha value is 0.260. The standard InChI is InChI=1S/C8H15NO2S2/c1-7-6-12-8(9-7)2-4-13(10,11)5-3-8/h7,9H,2-6H2,1H3. The van der Waals surface area contributed by atoms with Crippen molar-refractivity contribution in [1.29, 1.82) is 0 Å². The molecule has 1 unspecified atom stereocenters. The van der Waals surface area contributed by atoms with E-state index >= 15 is 0 Å². The zero-order chi connectivity index (χ0) is 9.53. The highest BCUT2D eigenvalue weighted by Gasteiger charge is 2.42. The molecular weight excluding hydrogens is 206 g/mol. The van der Waals surface area contributed by atoms with Gasteiger partial charge in [-0.2, -0.15) is 0 Å². The third kappa shape index (κ3) is 2.02. The van der Waals surface area contributed by atoms with Crippen LogP contribution in [0.2, 0.25) is 0 Å². The minimum Gasteiger partial charge on any atom is -0.299 e. The largest absolute Gasteiger partial charge is 0.299 e. The van der Waals surface area contributed by atoms with Crippen LogP contribution in [0.25, 0.3) is 0 Å². The molecule has 2 fully saturated rings. The Morgan fingerprint density at radius 2 is 2.00 bits per heavy atom. The van der Waals surface area contributed by atoms with Gasteiger partial charge < -0.3 is 0 Å². The predicted octanol–water partition coefficient (Wildman–Crippen LogP) is 0.616. The van der Waals surface area contributed by atoms with Crippen molar-refractivity contribution in [3.8, 4) is 0 Å². The topological polar surface area (TPSA) is 46.2 Å². The van der Waals surface area contributed by atoms with Crippen LogP contribution in [-0.2, 0) is 9.84 Å². The molecule has 2 saturated heterocycles. The van der Waals surface area contributed by atoms with E-state index in [1.165, 1.54) is 0 Å². The first-order chi connectivity index (χ1) is 6.02. The summed E-state index contributed by atoms with van der Waals surface area (Å²) in [6.07, 6.45) is 1.56. The lowest BCUT2D eigenvalue weighted by molar-refractivity contribution is 0.415. The minimum atomic E-state index is -2.72. The molecule has 2 aliphatic heterocycles. The van der Waals surface area contributed by atoms with Gasteiger partial charge in [-0.25, -0.2) is 8.42 Å². The van der Waals surface area contributed by atoms with Crippen molar-refractivity contribution in [3.05, 3.63) is 0 Å².